The van der Waals surface area contributed by atoms with E-state index >= 15 is 0 Å². The fourth-order valence-corrected chi connectivity index (χ4v) is 4.14. The summed E-state index contributed by atoms with van der Waals surface area (Å²) in [6.45, 7) is 14.2. The van der Waals surface area contributed by atoms with Gasteiger partial charge in [-0.25, -0.2) is 0 Å². The van der Waals surface area contributed by atoms with Crippen LogP contribution in [-0.4, -0.2) is 38.6 Å². The van der Waals surface area contributed by atoms with Gasteiger partial charge in [-0.15, -0.1) is 0 Å². The van der Waals surface area contributed by atoms with Crippen LogP contribution in [0.3, 0.4) is 0 Å². The first-order chi connectivity index (χ1) is 9.50. The van der Waals surface area contributed by atoms with Gasteiger partial charge in [-0.05, 0) is 31.5 Å². The summed E-state index contributed by atoms with van der Waals surface area (Å²) >= 11 is 0. The Morgan fingerprint density at radius 2 is 1.90 bits per heavy atom. The van der Waals surface area contributed by atoms with Crippen molar-refractivity contribution in [3.8, 4) is 0 Å². The quantitative estimate of drug-likeness (QED) is 0.811. The molecule has 2 rings (SSSR count). The highest BCUT2D eigenvalue weighted by Gasteiger charge is 2.22. The van der Waals surface area contributed by atoms with E-state index in [-0.39, 0.29) is 0 Å². The first-order valence-corrected chi connectivity index (χ1v) is 11.5. The molecule has 1 saturated heterocycles. The molecule has 0 aliphatic carbocycles. The average molecular weight is 291 g/mol. The summed E-state index contributed by atoms with van der Waals surface area (Å²) in [6, 6.07) is 10.1. The Balaban J connectivity index is 2.02. The molecule has 1 aliphatic rings. The lowest BCUT2D eigenvalue weighted by Gasteiger charge is -2.28. The monoisotopic (exact) mass is 290 g/mol. The molecule has 0 amide bonds. The zero-order valence-electron chi connectivity index (χ0n) is 13.6. The Hall–Kier alpha value is -0.643. The molecule has 1 atom stereocenters. The van der Waals surface area contributed by atoms with Crippen molar-refractivity contribution in [1.82, 2.24) is 10.2 Å². The summed E-state index contributed by atoms with van der Waals surface area (Å²) in [6.07, 6.45) is 2.54. The van der Waals surface area contributed by atoms with Crippen molar-refractivity contribution in [2.75, 3.05) is 19.6 Å². The molecule has 0 aromatic heterocycles. The summed E-state index contributed by atoms with van der Waals surface area (Å²) in [7, 11) is -1.16. The first-order valence-electron chi connectivity index (χ1n) is 8.05. The van der Waals surface area contributed by atoms with E-state index in [0.717, 1.165) is 19.1 Å². The van der Waals surface area contributed by atoms with Gasteiger partial charge in [-0.2, -0.15) is 0 Å². The van der Waals surface area contributed by atoms with Crippen molar-refractivity contribution in [2.24, 2.45) is 0 Å². The third kappa shape index (κ3) is 4.17. The SMILES string of the molecule is CCCN(Cc1ccc([Si](C)(C)C)cc1)C1CCNC1. The molecule has 1 aliphatic heterocycles. The van der Waals surface area contributed by atoms with E-state index in [1.807, 2.05) is 0 Å². The second-order valence-electron chi connectivity index (χ2n) is 7.06. The van der Waals surface area contributed by atoms with Gasteiger partial charge in [-0.1, -0.05) is 56.0 Å². The maximum absolute atomic E-state index is 3.49. The van der Waals surface area contributed by atoms with E-state index in [1.165, 1.54) is 31.5 Å². The standard InChI is InChI=1S/C17H30N2Si/c1-5-12-19(16-10-11-18-13-16)14-15-6-8-17(9-7-15)20(2,3)4/h6-9,16,18H,5,10-14H2,1-4H3. The maximum atomic E-state index is 3.49. The van der Waals surface area contributed by atoms with Crippen LogP contribution in [0.2, 0.25) is 19.6 Å². The van der Waals surface area contributed by atoms with Crippen LogP contribution in [-0.2, 0) is 6.54 Å². The second-order valence-corrected chi connectivity index (χ2v) is 12.1. The van der Waals surface area contributed by atoms with E-state index < -0.39 is 8.07 Å². The molecule has 1 aromatic carbocycles. The first kappa shape index (κ1) is 15.7. The van der Waals surface area contributed by atoms with Crippen LogP contribution in [0.15, 0.2) is 24.3 Å². The van der Waals surface area contributed by atoms with Gasteiger partial charge in [0.05, 0.1) is 8.07 Å². The molecular weight excluding hydrogens is 260 g/mol. The number of rotatable bonds is 6. The van der Waals surface area contributed by atoms with Crippen LogP contribution in [0.4, 0.5) is 0 Å². The van der Waals surface area contributed by atoms with Crippen LogP contribution >= 0.6 is 0 Å². The summed E-state index contributed by atoms with van der Waals surface area (Å²) in [4.78, 5) is 2.66. The molecule has 1 N–H and O–H groups in total. The van der Waals surface area contributed by atoms with Crippen LogP contribution in [0.1, 0.15) is 25.3 Å². The van der Waals surface area contributed by atoms with E-state index in [0.29, 0.717) is 0 Å². The molecule has 1 unspecified atom stereocenters. The van der Waals surface area contributed by atoms with E-state index in [1.54, 1.807) is 5.19 Å². The van der Waals surface area contributed by atoms with Crippen molar-refractivity contribution in [3.63, 3.8) is 0 Å². The topological polar surface area (TPSA) is 15.3 Å². The lowest BCUT2D eigenvalue weighted by Crippen LogP contribution is -2.38. The molecule has 0 saturated carbocycles. The molecule has 112 valence electrons. The lowest BCUT2D eigenvalue weighted by molar-refractivity contribution is 0.199. The number of hydrogen-bond donors (Lipinski definition) is 1. The fourth-order valence-electron chi connectivity index (χ4n) is 2.97. The third-order valence-electron chi connectivity index (χ3n) is 4.27. The van der Waals surface area contributed by atoms with Crippen LogP contribution in [0.25, 0.3) is 0 Å². The van der Waals surface area contributed by atoms with Gasteiger partial charge >= 0.3 is 0 Å². The van der Waals surface area contributed by atoms with Gasteiger partial charge in [0.25, 0.3) is 0 Å². The molecule has 3 heteroatoms. The Kier molecular flexibility index (Phi) is 5.41. The second kappa shape index (κ2) is 6.88. The normalized spacial score (nSPS) is 19.8. The largest absolute Gasteiger partial charge is 0.315 e. The average Bonchev–Trinajstić information content (AvgIpc) is 2.91. The molecule has 20 heavy (non-hydrogen) atoms. The highest BCUT2D eigenvalue weighted by molar-refractivity contribution is 6.88. The number of nitrogens with zero attached hydrogens (tertiary/aromatic N) is 1. The molecular formula is C17H30N2Si. The van der Waals surface area contributed by atoms with Gasteiger partial charge in [0, 0.05) is 19.1 Å². The Labute approximate surface area is 125 Å². The Bertz CT molecular complexity index is 402. The molecule has 1 heterocycles. The van der Waals surface area contributed by atoms with E-state index in [4.69, 9.17) is 0 Å². The minimum absolute atomic E-state index is 0.728. The molecule has 2 nitrogen and oxygen atoms in total. The summed E-state index contributed by atoms with van der Waals surface area (Å²) < 4.78 is 0. The minimum atomic E-state index is -1.16. The zero-order valence-corrected chi connectivity index (χ0v) is 14.6. The smallest absolute Gasteiger partial charge is 0.0775 e. The predicted octanol–water partition coefficient (Wildman–Crippen LogP) is 2.81. The maximum Gasteiger partial charge on any atom is 0.0775 e. The highest BCUT2D eigenvalue weighted by atomic mass is 28.3. The van der Waals surface area contributed by atoms with E-state index in [9.17, 15) is 0 Å². The zero-order chi connectivity index (χ0) is 14.6. The summed E-state index contributed by atoms with van der Waals surface area (Å²) in [5.41, 5.74) is 1.47. The number of hydrogen-bond acceptors (Lipinski definition) is 2. The predicted molar refractivity (Wildman–Crippen MR) is 91.4 cm³/mol. The van der Waals surface area contributed by atoms with Gasteiger partial charge in [-0.3, -0.25) is 4.90 Å². The molecule has 1 aromatic rings. The summed E-state index contributed by atoms with van der Waals surface area (Å²) in [5, 5.41) is 5.05. The fraction of sp³-hybridized carbons (Fsp3) is 0.647. The van der Waals surface area contributed by atoms with Crippen molar-refractivity contribution in [1.29, 1.82) is 0 Å². The summed E-state index contributed by atoms with van der Waals surface area (Å²) in [5.74, 6) is 0. The van der Waals surface area contributed by atoms with Crippen molar-refractivity contribution in [3.05, 3.63) is 29.8 Å². The van der Waals surface area contributed by atoms with Crippen LogP contribution < -0.4 is 10.5 Å². The Morgan fingerprint density at radius 3 is 2.40 bits per heavy atom. The lowest BCUT2D eigenvalue weighted by atomic mass is 10.1. The van der Waals surface area contributed by atoms with Gasteiger partial charge in [0.1, 0.15) is 0 Å². The molecule has 1 fully saturated rings. The third-order valence-corrected chi connectivity index (χ3v) is 6.33. The molecule has 0 spiro atoms. The highest BCUT2D eigenvalue weighted by Crippen LogP contribution is 2.14. The molecule has 0 radical (unpaired) electrons. The van der Waals surface area contributed by atoms with Gasteiger partial charge < -0.3 is 5.32 Å². The van der Waals surface area contributed by atoms with Crippen molar-refractivity contribution in [2.45, 2.75) is 52.0 Å². The van der Waals surface area contributed by atoms with Crippen molar-refractivity contribution >= 4 is 13.3 Å². The van der Waals surface area contributed by atoms with Gasteiger partial charge in [0.15, 0.2) is 0 Å². The number of benzene rings is 1. The Morgan fingerprint density at radius 1 is 1.20 bits per heavy atom. The van der Waals surface area contributed by atoms with Gasteiger partial charge in [0.2, 0.25) is 0 Å². The van der Waals surface area contributed by atoms with Crippen LogP contribution in [0, 0.1) is 0 Å². The molecule has 0 bridgehead atoms. The van der Waals surface area contributed by atoms with E-state index in [2.05, 4.69) is 61.0 Å². The van der Waals surface area contributed by atoms with Crippen LogP contribution in [0.5, 0.6) is 0 Å². The van der Waals surface area contributed by atoms with Crippen molar-refractivity contribution < 1.29 is 0 Å². The minimum Gasteiger partial charge on any atom is -0.315 e. The number of nitrogens with one attached hydrogen (secondary N) is 1.